The van der Waals surface area contributed by atoms with Crippen molar-refractivity contribution in [3.8, 4) is 0 Å². The van der Waals surface area contributed by atoms with Crippen LogP contribution in [0.5, 0.6) is 0 Å². The van der Waals surface area contributed by atoms with Crippen LogP contribution in [0.25, 0.3) is 10.9 Å². The number of pyridine rings is 1. The number of rotatable bonds is 11. The van der Waals surface area contributed by atoms with Crippen LogP contribution in [0.15, 0.2) is 48.9 Å². The molecule has 0 fully saturated rings. The first-order valence-electron chi connectivity index (χ1n) is 11.0. The number of carbonyl (C=O) groups is 1. The highest BCUT2D eigenvalue weighted by Crippen LogP contribution is 2.30. The first-order valence-corrected chi connectivity index (χ1v) is 11.0. The molecule has 0 saturated carbocycles. The normalized spacial score (nSPS) is 11.7. The van der Waals surface area contributed by atoms with Gasteiger partial charge in [-0.25, -0.2) is 9.18 Å². The highest BCUT2D eigenvalue weighted by Gasteiger charge is 2.31. The van der Waals surface area contributed by atoms with E-state index in [1.54, 1.807) is 18.3 Å². The van der Waals surface area contributed by atoms with Crippen LogP contribution in [0.1, 0.15) is 52.4 Å². The largest absolute Gasteiger partial charge is 0.465 e. The molecular formula is C24H32ClFN4O2. The number of aromatic amines is 1. The Balaban J connectivity index is 0.00000363. The van der Waals surface area contributed by atoms with Crippen molar-refractivity contribution in [2.45, 2.75) is 58.5 Å². The second-order valence-corrected chi connectivity index (χ2v) is 7.75. The van der Waals surface area contributed by atoms with E-state index in [0.29, 0.717) is 24.3 Å². The second kappa shape index (κ2) is 12.3. The van der Waals surface area contributed by atoms with Gasteiger partial charge in [-0.15, -0.1) is 12.4 Å². The van der Waals surface area contributed by atoms with Gasteiger partial charge in [-0.1, -0.05) is 33.1 Å². The molecule has 3 aromatic rings. The molecule has 174 valence electrons. The lowest BCUT2D eigenvalue weighted by Crippen LogP contribution is -2.52. The summed E-state index contributed by atoms with van der Waals surface area (Å²) in [6, 6.07) is 9.10. The second-order valence-electron chi connectivity index (χ2n) is 7.75. The molecule has 2 N–H and O–H groups in total. The number of nitrogens with one attached hydrogen (secondary N) is 1. The summed E-state index contributed by atoms with van der Waals surface area (Å²) in [6.45, 7) is 4.69. The lowest BCUT2D eigenvalue weighted by Gasteiger charge is -2.40. The van der Waals surface area contributed by atoms with E-state index in [1.165, 1.54) is 11.1 Å². The van der Waals surface area contributed by atoms with E-state index in [2.05, 4.69) is 16.9 Å². The molecule has 0 aliphatic rings. The number of halogens is 2. The summed E-state index contributed by atoms with van der Waals surface area (Å²) in [5.41, 5.74) is 1.90. The molecule has 1 unspecified atom stereocenters. The van der Waals surface area contributed by atoms with E-state index >= 15 is 0 Å². The Bertz CT molecular complexity index is 997. The predicted molar refractivity (Wildman–Crippen MR) is 130 cm³/mol. The molecule has 0 radical (unpaired) electrons. The highest BCUT2D eigenvalue weighted by molar-refractivity contribution is 5.92. The molecule has 2 heterocycles. The summed E-state index contributed by atoms with van der Waals surface area (Å²) in [6.07, 6.45) is 8.41. The fourth-order valence-electron chi connectivity index (χ4n) is 4.05. The summed E-state index contributed by atoms with van der Waals surface area (Å²) >= 11 is 0. The standard InChI is InChI=1S/C24H31FN4O2.ClH/c1-3-5-6-7-8-23(28(15-4-2)22-12-13-26-17-20(22)25)29(24(30)31)19-9-10-21-18(16-19)11-14-27-21;/h9-14,16-17,23,27H,3-8,15H2,1-2H3,(H,30,31);1H. The molecule has 0 spiro atoms. The van der Waals surface area contributed by atoms with Crippen LogP contribution in [0, 0.1) is 5.82 Å². The quantitative estimate of drug-likeness (QED) is 0.242. The van der Waals surface area contributed by atoms with Crippen LogP contribution in [-0.2, 0) is 0 Å². The van der Waals surface area contributed by atoms with Crippen molar-refractivity contribution in [3.05, 3.63) is 54.7 Å². The Labute approximate surface area is 194 Å². The van der Waals surface area contributed by atoms with E-state index in [0.717, 1.165) is 43.0 Å². The molecule has 32 heavy (non-hydrogen) atoms. The first-order chi connectivity index (χ1) is 15.1. The number of fused-ring (bicyclic) bond motifs is 1. The maximum atomic E-state index is 14.7. The van der Waals surface area contributed by atoms with Crippen molar-refractivity contribution < 1.29 is 14.3 Å². The van der Waals surface area contributed by atoms with Gasteiger partial charge in [0.2, 0.25) is 0 Å². The van der Waals surface area contributed by atoms with E-state index in [4.69, 9.17) is 0 Å². The van der Waals surface area contributed by atoms with Gasteiger partial charge < -0.3 is 15.0 Å². The topological polar surface area (TPSA) is 72.5 Å². The zero-order valence-electron chi connectivity index (χ0n) is 18.6. The minimum atomic E-state index is -1.05. The third-order valence-electron chi connectivity index (χ3n) is 5.52. The number of hydrogen-bond donors (Lipinski definition) is 2. The molecule has 8 heteroatoms. The minimum absolute atomic E-state index is 0. The molecule has 1 aromatic carbocycles. The molecule has 1 amide bonds. The van der Waals surface area contributed by atoms with Gasteiger partial charge in [0, 0.05) is 35.5 Å². The van der Waals surface area contributed by atoms with Gasteiger partial charge >= 0.3 is 6.09 Å². The van der Waals surface area contributed by atoms with E-state index in [-0.39, 0.29) is 12.4 Å². The van der Waals surface area contributed by atoms with Crippen molar-refractivity contribution in [1.29, 1.82) is 0 Å². The highest BCUT2D eigenvalue weighted by atomic mass is 35.5. The fraction of sp³-hybridized carbons (Fsp3) is 0.417. The molecule has 0 bridgehead atoms. The Morgan fingerprint density at radius 3 is 2.66 bits per heavy atom. The van der Waals surface area contributed by atoms with Crippen molar-refractivity contribution in [1.82, 2.24) is 9.97 Å². The third kappa shape index (κ3) is 5.91. The van der Waals surface area contributed by atoms with Gasteiger partial charge in [-0.05, 0) is 49.6 Å². The summed E-state index contributed by atoms with van der Waals surface area (Å²) < 4.78 is 14.7. The Hall–Kier alpha value is -2.80. The van der Waals surface area contributed by atoms with Gasteiger partial charge in [-0.2, -0.15) is 0 Å². The van der Waals surface area contributed by atoms with Crippen LogP contribution < -0.4 is 9.80 Å². The number of nitrogens with zero attached hydrogens (tertiary/aromatic N) is 3. The molecule has 1 atom stereocenters. The van der Waals surface area contributed by atoms with Crippen molar-refractivity contribution in [2.24, 2.45) is 0 Å². The van der Waals surface area contributed by atoms with Crippen molar-refractivity contribution in [3.63, 3.8) is 0 Å². The molecular weight excluding hydrogens is 431 g/mol. The van der Waals surface area contributed by atoms with Gasteiger partial charge in [0.15, 0.2) is 5.82 Å². The van der Waals surface area contributed by atoms with Crippen LogP contribution in [0.2, 0.25) is 0 Å². The van der Waals surface area contributed by atoms with E-state index in [1.807, 2.05) is 36.2 Å². The molecule has 3 rings (SSSR count). The average molecular weight is 463 g/mol. The number of benzene rings is 1. The zero-order chi connectivity index (χ0) is 22.2. The molecule has 0 saturated heterocycles. The lowest BCUT2D eigenvalue weighted by atomic mass is 10.1. The van der Waals surface area contributed by atoms with Crippen molar-refractivity contribution >= 4 is 40.8 Å². The molecule has 6 nitrogen and oxygen atoms in total. The van der Waals surface area contributed by atoms with Crippen LogP contribution in [0.3, 0.4) is 0 Å². The Kier molecular flexibility index (Phi) is 9.78. The van der Waals surface area contributed by atoms with E-state index in [9.17, 15) is 14.3 Å². The lowest BCUT2D eigenvalue weighted by molar-refractivity contribution is 0.197. The summed E-state index contributed by atoms with van der Waals surface area (Å²) in [5, 5.41) is 11.2. The maximum Gasteiger partial charge on any atom is 0.413 e. The number of carboxylic acid groups (broad SMARTS) is 1. The zero-order valence-corrected chi connectivity index (χ0v) is 19.4. The number of amides is 1. The third-order valence-corrected chi connectivity index (χ3v) is 5.52. The van der Waals surface area contributed by atoms with Crippen molar-refractivity contribution in [2.75, 3.05) is 16.3 Å². The molecule has 2 aromatic heterocycles. The van der Waals surface area contributed by atoms with Gasteiger partial charge in [-0.3, -0.25) is 9.88 Å². The van der Waals surface area contributed by atoms with Gasteiger partial charge in [0.25, 0.3) is 0 Å². The fourth-order valence-corrected chi connectivity index (χ4v) is 4.05. The Morgan fingerprint density at radius 1 is 1.16 bits per heavy atom. The number of unbranched alkanes of at least 4 members (excludes halogenated alkanes) is 3. The molecule has 0 aliphatic carbocycles. The van der Waals surface area contributed by atoms with E-state index < -0.39 is 18.1 Å². The SMILES string of the molecule is CCCCCCC(N(CCC)c1ccncc1F)N(C(=O)O)c1ccc2[nH]ccc2c1.Cl. The maximum absolute atomic E-state index is 14.7. The minimum Gasteiger partial charge on any atom is -0.465 e. The number of aromatic nitrogens is 2. The summed E-state index contributed by atoms with van der Waals surface area (Å²) in [5.74, 6) is -0.444. The number of hydrogen-bond acceptors (Lipinski definition) is 3. The van der Waals surface area contributed by atoms with Crippen LogP contribution in [-0.4, -0.2) is 33.9 Å². The van der Waals surface area contributed by atoms with Crippen LogP contribution >= 0.6 is 12.4 Å². The smallest absolute Gasteiger partial charge is 0.413 e. The number of H-pyrrole nitrogens is 1. The van der Waals surface area contributed by atoms with Crippen LogP contribution in [0.4, 0.5) is 20.6 Å². The predicted octanol–water partition coefficient (Wildman–Crippen LogP) is 6.82. The van der Waals surface area contributed by atoms with Gasteiger partial charge in [0.05, 0.1) is 11.9 Å². The Morgan fingerprint density at radius 2 is 1.97 bits per heavy atom. The number of anilines is 2. The molecule has 0 aliphatic heterocycles. The average Bonchev–Trinajstić information content (AvgIpc) is 3.22. The first kappa shape index (κ1) is 25.5. The summed E-state index contributed by atoms with van der Waals surface area (Å²) in [7, 11) is 0. The monoisotopic (exact) mass is 462 g/mol. The summed E-state index contributed by atoms with van der Waals surface area (Å²) in [4.78, 5) is 22.8. The van der Waals surface area contributed by atoms with Gasteiger partial charge in [0.1, 0.15) is 6.17 Å².